The third-order valence-electron chi connectivity index (χ3n) is 5.37. The Morgan fingerprint density at radius 2 is 2.06 bits per heavy atom. The van der Waals surface area contributed by atoms with Crippen molar-refractivity contribution >= 4 is 23.6 Å². The summed E-state index contributed by atoms with van der Waals surface area (Å²) in [5.41, 5.74) is 0.948. The molecular formula is C21H27N5O4S. The van der Waals surface area contributed by atoms with Crippen molar-refractivity contribution in [3.63, 3.8) is 0 Å². The maximum absolute atomic E-state index is 12.3. The lowest BCUT2D eigenvalue weighted by molar-refractivity contribution is -0.131. The van der Waals surface area contributed by atoms with Crippen LogP contribution in [-0.4, -0.2) is 50.6 Å². The van der Waals surface area contributed by atoms with E-state index >= 15 is 0 Å². The number of carbonyl (C=O) groups excluding carboxylic acids is 2. The van der Waals surface area contributed by atoms with E-state index in [1.807, 2.05) is 34.6 Å². The summed E-state index contributed by atoms with van der Waals surface area (Å²) in [5, 5.41) is 12.2. The molecule has 0 radical (unpaired) electrons. The fraction of sp³-hybridized carbons (Fsp3) is 0.524. The molecule has 2 aliphatic rings. The van der Waals surface area contributed by atoms with E-state index in [0.29, 0.717) is 37.0 Å². The smallest absolute Gasteiger partial charge is 0.231 e. The summed E-state index contributed by atoms with van der Waals surface area (Å²) < 4.78 is 12.6. The van der Waals surface area contributed by atoms with Gasteiger partial charge in [-0.3, -0.25) is 9.59 Å². The van der Waals surface area contributed by atoms with Crippen molar-refractivity contribution in [3.8, 4) is 11.5 Å². The van der Waals surface area contributed by atoms with E-state index in [0.717, 1.165) is 42.9 Å². The zero-order chi connectivity index (χ0) is 21.6. The highest BCUT2D eigenvalue weighted by Gasteiger charge is 2.21. The standard InChI is InChI=1S/C21H27N5O4S/c1-2-26-18(12-25-9-5-3-4-6-20(25)28)23-24-21(26)31-13-19(27)22-11-15-7-8-16-17(10-15)30-14-29-16/h7-8,10H,2-6,9,11-14H2,1H3,(H,22,27). The number of likely N-dealkylation sites (tertiary alicyclic amines) is 1. The minimum atomic E-state index is -0.0856. The minimum absolute atomic E-state index is 0.0856. The van der Waals surface area contributed by atoms with Gasteiger partial charge in [-0.05, 0) is 37.5 Å². The molecule has 0 spiro atoms. The number of nitrogens with zero attached hydrogens (tertiary/aromatic N) is 4. The van der Waals surface area contributed by atoms with Crippen molar-refractivity contribution in [2.45, 2.75) is 57.4 Å². The van der Waals surface area contributed by atoms with Gasteiger partial charge in [0, 0.05) is 26.1 Å². The number of rotatable bonds is 8. The van der Waals surface area contributed by atoms with Crippen LogP contribution in [0, 0.1) is 0 Å². The maximum atomic E-state index is 12.3. The first-order chi connectivity index (χ1) is 15.1. The van der Waals surface area contributed by atoms with Crippen molar-refractivity contribution in [1.82, 2.24) is 25.0 Å². The Bertz CT molecular complexity index is 948. The number of aromatic nitrogens is 3. The Morgan fingerprint density at radius 1 is 1.19 bits per heavy atom. The molecule has 9 nitrogen and oxygen atoms in total. The molecule has 2 amide bonds. The Hall–Kier alpha value is -2.75. The summed E-state index contributed by atoms with van der Waals surface area (Å²) in [4.78, 5) is 26.5. The van der Waals surface area contributed by atoms with Crippen LogP contribution in [0.2, 0.25) is 0 Å². The number of carbonyl (C=O) groups is 2. The van der Waals surface area contributed by atoms with E-state index in [1.165, 1.54) is 11.8 Å². The Labute approximate surface area is 185 Å². The highest BCUT2D eigenvalue weighted by atomic mass is 32.2. The summed E-state index contributed by atoms with van der Waals surface area (Å²) in [6.45, 7) is 4.58. The molecule has 0 atom stereocenters. The molecule has 1 fully saturated rings. The molecule has 0 bridgehead atoms. The summed E-state index contributed by atoms with van der Waals surface area (Å²) >= 11 is 1.35. The summed E-state index contributed by atoms with van der Waals surface area (Å²) in [6.07, 6.45) is 3.67. The van der Waals surface area contributed by atoms with Crippen LogP contribution in [-0.2, 0) is 29.2 Å². The largest absolute Gasteiger partial charge is 0.454 e. The van der Waals surface area contributed by atoms with Crippen LogP contribution in [0.4, 0.5) is 0 Å². The van der Waals surface area contributed by atoms with E-state index in [9.17, 15) is 9.59 Å². The van der Waals surface area contributed by atoms with Gasteiger partial charge in [0.15, 0.2) is 22.5 Å². The van der Waals surface area contributed by atoms with Crippen LogP contribution in [0.15, 0.2) is 23.4 Å². The zero-order valence-corrected chi connectivity index (χ0v) is 18.4. The second-order valence-corrected chi connectivity index (χ2v) is 8.46. The van der Waals surface area contributed by atoms with Crippen LogP contribution in [0.1, 0.15) is 44.0 Å². The van der Waals surface area contributed by atoms with E-state index in [1.54, 1.807) is 0 Å². The molecule has 2 aliphatic heterocycles. The molecule has 10 heteroatoms. The minimum Gasteiger partial charge on any atom is -0.454 e. The lowest BCUT2D eigenvalue weighted by atomic mass is 10.2. The molecule has 1 saturated heterocycles. The Kier molecular flexibility index (Phi) is 6.96. The number of amides is 2. The van der Waals surface area contributed by atoms with Gasteiger partial charge >= 0.3 is 0 Å². The van der Waals surface area contributed by atoms with E-state index in [4.69, 9.17) is 9.47 Å². The lowest BCUT2D eigenvalue weighted by Crippen LogP contribution is -2.31. The molecule has 1 aromatic heterocycles. The number of hydrogen-bond donors (Lipinski definition) is 1. The van der Waals surface area contributed by atoms with E-state index in [-0.39, 0.29) is 24.4 Å². The summed E-state index contributed by atoms with van der Waals surface area (Å²) in [5.74, 6) is 2.53. The Balaban J connectivity index is 1.29. The number of nitrogens with one attached hydrogen (secondary N) is 1. The highest BCUT2D eigenvalue weighted by Crippen LogP contribution is 2.32. The highest BCUT2D eigenvalue weighted by molar-refractivity contribution is 7.99. The molecule has 31 heavy (non-hydrogen) atoms. The molecule has 1 aromatic carbocycles. The maximum Gasteiger partial charge on any atom is 0.231 e. The van der Waals surface area contributed by atoms with E-state index in [2.05, 4.69) is 15.5 Å². The molecule has 0 aliphatic carbocycles. The van der Waals surface area contributed by atoms with Crippen molar-refractivity contribution in [3.05, 3.63) is 29.6 Å². The van der Waals surface area contributed by atoms with Crippen LogP contribution in [0.3, 0.4) is 0 Å². The molecule has 4 rings (SSSR count). The van der Waals surface area contributed by atoms with Gasteiger partial charge in [-0.1, -0.05) is 24.2 Å². The fourth-order valence-corrected chi connectivity index (χ4v) is 4.52. The van der Waals surface area contributed by atoms with Crippen LogP contribution >= 0.6 is 11.8 Å². The second-order valence-electron chi connectivity index (χ2n) is 7.52. The monoisotopic (exact) mass is 445 g/mol. The van der Waals surface area contributed by atoms with Gasteiger partial charge in [0.25, 0.3) is 0 Å². The van der Waals surface area contributed by atoms with Crippen molar-refractivity contribution in [2.75, 3.05) is 19.1 Å². The number of thioether (sulfide) groups is 1. The first-order valence-electron chi connectivity index (χ1n) is 10.6. The van der Waals surface area contributed by atoms with Gasteiger partial charge in [-0.2, -0.15) is 0 Å². The second kappa shape index (κ2) is 10.0. The van der Waals surface area contributed by atoms with Crippen LogP contribution in [0.25, 0.3) is 0 Å². The molecule has 2 aromatic rings. The lowest BCUT2D eigenvalue weighted by Gasteiger charge is -2.20. The van der Waals surface area contributed by atoms with Gasteiger partial charge in [0.2, 0.25) is 18.6 Å². The predicted octanol–water partition coefficient (Wildman–Crippen LogP) is 2.34. The van der Waals surface area contributed by atoms with Crippen molar-refractivity contribution < 1.29 is 19.1 Å². The molecule has 0 unspecified atom stereocenters. The predicted molar refractivity (Wildman–Crippen MR) is 115 cm³/mol. The average Bonchev–Trinajstić information content (AvgIpc) is 3.35. The van der Waals surface area contributed by atoms with Crippen molar-refractivity contribution in [1.29, 1.82) is 0 Å². The Morgan fingerprint density at radius 3 is 2.94 bits per heavy atom. The fourth-order valence-electron chi connectivity index (χ4n) is 3.67. The topological polar surface area (TPSA) is 98.6 Å². The molecule has 3 heterocycles. The van der Waals surface area contributed by atoms with Crippen LogP contribution < -0.4 is 14.8 Å². The first-order valence-corrected chi connectivity index (χ1v) is 11.6. The van der Waals surface area contributed by atoms with Gasteiger partial charge < -0.3 is 24.3 Å². The summed E-state index contributed by atoms with van der Waals surface area (Å²) in [7, 11) is 0. The third kappa shape index (κ3) is 5.30. The quantitative estimate of drug-likeness (QED) is 0.623. The molecular weight excluding hydrogens is 418 g/mol. The number of ether oxygens (including phenoxy) is 2. The van der Waals surface area contributed by atoms with Gasteiger partial charge in [0.1, 0.15) is 0 Å². The van der Waals surface area contributed by atoms with Gasteiger partial charge in [0.05, 0.1) is 12.3 Å². The summed E-state index contributed by atoms with van der Waals surface area (Å²) in [6, 6.07) is 5.63. The van der Waals surface area contributed by atoms with Gasteiger partial charge in [-0.15, -0.1) is 10.2 Å². The van der Waals surface area contributed by atoms with Crippen LogP contribution in [0.5, 0.6) is 11.5 Å². The number of benzene rings is 1. The normalized spacial score (nSPS) is 15.8. The SMILES string of the molecule is CCn1c(CN2CCCCCC2=O)nnc1SCC(=O)NCc1ccc2c(c1)OCO2. The third-order valence-corrected chi connectivity index (χ3v) is 6.34. The molecule has 0 saturated carbocycles. The average molecular weight is 446 g/mol. The zero-order valence-electron chi connectivity index (χ0n) is 17.6. The number of hydrogen-bond acceptors (Lipinski definition) is 7. The van der Waals surface area contributed by atoms with Crippen molar-refractivity contribution in [2.24, 2.45) is 0 Å². The van der Waals surface area contributed by atoms with E-state index < -0.39 is 0 Å². The molecule has 166 valence electrons. The molecule has 1 N–H and O–H groups in total. The number of fused-ring (bicyclic) bond motifs is 1. The first kappa shape index (κ1) is 21.5. The van der Waals surface area contributed by atoms with Gasteiger partial charge in [-0.25, -0.2) is 0 Å².